The predicted molar refractivity (Wildman–Crippen MR) is 68.2 cm³/mol. The van der Waals surface area contributed by atoms with Crippen molar-refractivity contribution in [3.8, 4) is 0 Å². The van der Waals surface area contributed by atoms with Gasteiger partial charge in [-0.2, -0.15) is 0 Å². The van der Waals surface area contributed by atoms with E-state index in [0.29, 0.717) is 17.4 Å². The van der Waals surface area contributed by atoms with Crippen LogP contribution in [-0.4, -0.2) is 26.2 Å². The van der Waals surface area contributed by atoms with Gasteiger partial charge in [0.2, 0.25) is 5.16 Å². The first-order chi connectivity index (χ1) is 7.97. The molecular weight excluding hydrogens is 234 g/mol. The molecule has 0 spiro atoms. The largest absolute Gasteiger partial charge is 0.298 e. The molecule has 1 heterocycles. The second kappa shape index (κ2) is 4.80. The Labute approximate surface area is 106 Å². The standard InChI is InChI=1S/C12H19N3OS/c1-12(2,3)10-13-11(15-14-10)17-9-7-5-4-6-8(9)16/h9H,4-7H2,1-3H3,(H,13,14,15)/t9-/m1/s1. The SMILES string of the molecule is CC(C)(C)c1nc(S[C@@H]2CCCCC2=O)n[nH]1. The Morgan fingerprint density at radius 3 is 2.71 bits per heavy atom. The van der Waals surface area contributed by atoms with Crippen molar-refractivity contribution in [3.63, 3.8) is 0 Å². The number of Topliss-reactive ketones (excluding diaryl/α,β-unsaturated/α-hetero) is 1. The van der Waals surface area contributed by atoms with Crippen LogP contribution in [0, 0.1) is 0 Å². The zero-order chi connectivity index (χ0) is 12.5. The first-order valence-corrected chi connectivity index (χ1v) is 6.97. The molecule has 0 bridgehead atoms. The average molecular weight is 253 g/mol. The van der Waals surface area contributed by atoms with Gasteiger partial charge in [-0.25, -0.2) is 4.98 Å². The van der Waals surface area contributed by atoms with Gasteiger partial charge in [0.1, 0.15) is 11.6 Å². The van der Waals surface area contributed by atoms with E-state index in [1.54, 1.807) is 0 Å². The molecular formula is C12H19N3OS. The summed E-state index contributed by atoms with van der Waals surface area (Å²) in [5, 5.41) is 7.91. The van der Waals surface area contributed by atoms with Gasteiger partial charge in [0.05, 0.1) is 5.25 Å². The third-order valence-electron chi connectivity index (χ3n) is 2.92. The number of aromatic amines is 1. The molecule has 1 saturated carbocycles. The van der Waals surface area contributed by atoms with Crippen LogP contribution in [0.4, 0.5) is 0 Å². The van der Waals surface area contributed by atoms with Gasteiger partial charge in [0.25, 0.3) is 0 Å². The zero-order valence-corrected chi connectivity index (χ0v) is 11.4. The van der Waals surface area contributed by atoms with Crippen molar-refractivity contribution in [2.45, 2.75) is 62.3 Å². The first-order valence-electron chi connectivity index (χ1n) is 6.09. The molecule has 94 valence electrons. The summed E-state index contributed by atoms with van der Waals surface area (Å²) in [7, 11) is 0. The van der Waals surface area contributed by atoms with Gasteiger partial charge in [-0.15, -0.1) is 5.10 Å². The average Bonchev–Trinajstić information content (AvgIpc) is 2.69. The maximum Gasteiger partial charge on any atom is 0.209 e. The van der Waals surface area contributed by atoms with Gasteiger partial charge in [0, 0.05) is 11.8 Å². The summed E-state index contributed by atoms with van der Waals surface area (Å²) in [5.74, 6) is 1.23. The smallest absolute Gasteiger partial charge is 0.209 e. The Kier molecular flexibility index (Phi) is 3.56. The molecule has 0 radical (unpaired) electrons. The predicted octanol–water partition coefficient (Wildman–Crippen LogP) is 2.71. The number of nitrogens with zero attached hydrogens (tertiary/aromatic N) is 2. The maximum atomic E-state index is 11.7. The normalized spacial score (nSPS) is 21.8. The van der Waals surface area contributed by atoms with E-state index >= 15 is 0 Å². The molecule has 0 amide bonds. The van der Waals surface area contributed by atoms with Crippen molar-refractivity contribution >= 4 is 17.5 Å². The number of rotatable bonds is 2. The lowest BCUT2D eigenvalue weighted by Gasteiger charge is -2.18. The van der Waals surface area contributed by atoms with E-state index in [0.717, 1.165) is 25.1 Å². The topological polar surface area (TPSA) is 58.6 Å². The molecule has 4 nitrogen and oxygen atoms in total. The van der Waals surface area contributed by atoms with Crippen LogP contribution in [0.1, 0.15) is 52.3 Å². The number of hydrogen-bond donors (Lipinski definition) is 1. The van der Waals surface area contributed by atoms with E-state index in [1.807, 2.05) is 0 Å². The lowest BCUT2D eigenvalue weighted by Crippen LogP contribution is -2.21. The fourth-order valence-corrected chi connectivity index (χ4v) is 2.87. The molecule has 0 aromatic carbocycles. The number of H-pyrrole nitrogens is 1. The highest BCUT2D eigenvalue weighted by Crippen LogP contribution is 2.30. The molecule has 5 heteroatoms. The van der Waals surface area contributed by atoms with E-state index in [-0.39, 0.29) is 10.7 Å². The summed E-state index contributed by atoms with van der Waals surface area (Å²) < 4.78 is 0. The fourth-order valence-electron chi connectivity index (χ4n) is 1.84. The fraction of sp³-hybridized carbons (Fsp3) is 0.750. The summed E-state index contributed by atoms with van der Waals surface area (Å²) >= 11 is 1.51. The molecule has 1 N–H and O–H groups in total. The summed E-state index contributed by atoms with van der Waals surface area (Å²) in [4.78, 5) is 16.2. The van der Waals surface area contributed by atoms with Crippen LogP contribution in [0.3, 0.4) is 0 Å². The molecule has 2 rings (SSSR count). The van der Waals surface area contributed by atoms with Gasteiger partial charge in [-0.1, -0.05) is 39.0 Å². The summed E-state index contributed by atoms with van der Waals surface area (Å²) in [6.07, 6.45) is 3.86. The molecule has 1 aromatic rings. The van der Waals surface area contributed by atoms with Crippen molar-refractivity contribution < 1.29 is 4.79 Å². The van der Waals surface area contributed by atoms with Gasteiger partial charge in [-0.3, -0.25) is 9.89 Å². The minimum absolute atomic E-state index is 0.0254. The number of aromatic nitrogens is 3. The molecule has 1 aliphatic rings. The Morgan fingerprint density at radius 1 is 1.35 bits per heavy atom. The van der Waals surface area contributed by atoms with Gasteiger partial charge < -0.3 is 0 Å². The second-order valence-corrected chi connectivity index (χ2v) is 6.71. The maximum absolute atomic E-state index is 11.7. The lowest BCUT2D eigenvalue weighted by molar-refractivity contribution is -0.119. The molecule has 1 fully saturated rings. The number of carbonyl (C=O) groups excluding carboxylic acids is 1. The summed E-state index contributed by atoms with van der Waals surface area (Å²) in [6.45, 7) is 6.27. The number of hydrogen-bond acceptors (Lipinski definition) is 4. The van der Waals surface area contributed by atoms with E-state index in [9.17, 15) is 4.79 Å². The van der Waals surface area contributed by atoms with Crippen LogP contribution in [0.15, 0.2) is 5.16 Å². The number of thioether (sulfide) groups is 1. The molecule has 0 aliphatic heterocycles. The third-order valence-corrected chi connectivity index (χ3v) is 4.10. The van der Waals surface area contributed by atoms with Crippen LogP contribution in [0.2, 0.25) is 0 Å². The molecule has 17 heavy (non-hydrogen) atoms. The van der Waals surface area contributed by atoms with E-state index in [2.05, 4.69) is 36.0 Å². The monoisotopic (exact) mass is 253 g/mol. The highest BCUT2D eigenvalue weighted by molar-refractivity contribution is 8.00. The highest BCUT2D eigenvalue weighted by atomic mass is 32.2. The minimum atomic E-state index is -0.0254. The Bertz CT molecular complexity index is 408. The van der Waals surface area contributed by atoms with Crippen molar-refractivity contribution in [2.24, 2.45) is 0 Å². The molecule has 1 atom stereocenters. The van der Waals surface area contributed by atoms with Crippen LogP contribution >= 0.6 is 11.8 Å². The van der Waals surface area contributed by atoms with E-state index in [4.69, 9.17) is 0 Å². The van der Waals surface area contributed by atoms with Gasteiger partial charge >= 0.3 is 0 Å². The molecule has 1 aliphatic carbocycles. The molecule has 1 aromatic heterocycles. The molecule has 0 saturated heterocycles. The summed E-state index contributed by atoms with van der Waals surface area (Å²) in [6, 6.07) is 0. The van der Waals surface area contributed by atoms with Crippen LogP contribution < -0.4 is 0 Å². The number of nitrogens with one attached hydrogen (secondary N) is 1. The Morgan fingerprint density at radius 2 is 2.12 bits per heavy atom. The first kappa shape index (κ1) is 12.6. The Balaban J connectivity index is 2.03. The van der Waals surface area contributed by atoms with Crippen LogP contribution in [0.5, 0.6) is 0 Å². The Hall–Kier alpha value is -0.840. The second-order valence-electron chi connectivity index (χ2n) is 5.54. The van der Waals surface area contributed by atoms with Crippen molar-refractivity contribution in [3.05, 3.63) is 5.82 Å². The van der Waals surface area contributed by atoms with Crippen molar-refractivity contribution in [2.75, 3.05) is 0 Å². The third kappa shape index (κ3) is 3.09. The molecule has 0 unspecified atom stereocenters. The quantitative estimate of drug-likeness (QED) is 0.880. The van der Waals surface area contributed by atoms with Crippen molar-refractivity contribution in [1.29, 1.82) is 0 Å². The van der Waals surface area contributed by atoms with Crippen LogP contribution in [-0.2, 0) is 10.2 Å². The summed E-state index contributed by atoms with van der Waals surface area (Å²) in [5.41, 5.74) is -0.0254. The van der Waals surface area contributed by atoms with Crippen molar-refractivity contribution in [1.82, 2.24) is 15.2 Å². The minimum Gasteiger partial charge on any atom is -0.298 e. The van der Waals surface area contributed by atoms with Gasteiger partial charge in [-0.05, 0) is 12.8 Å². The lowest BCUT2D eigenvalue weighted by atomic mass is 9.96. The zero-order valence-electron chi connectivity index (χ0n) is 10.6. The van der Waals surface area contributed by atoms with Gasteiger partial charge in [0.15, 0.2) is 0 Å². The van der Waals surface area contributed by atoms with Crippen LogP contribution in [0.25, 0.3) is 0 Å². The number of carbonyl (C=O) groups is 1. The highest BCUT2D eigenvalue weighted by Gasteiger charge is 2.26. The van der Waals surface area contributed by atoms with E-state index in [1.165, 1.54) is 11.8 Å². The van der Waals surface area contributed by atoms with E-state index < -0.39 is 0 Å². The number of ketones is 1.